The van der Waals surface area contributed by atoms with Crippen molar-refractivity contribution in [2.45, 2.75) is 25.8 Å². The predicted octanol–water partition coefficient (Wildman–Crippen LogP) is 2.50. The molecule has 3 aromatic rings. The van der Waals surface area contributed by atoms with Crippen molar-refractivity contribution < 1.29 is 0 Å². The number of aryl methyl sites for hydroxylation is 1. The number of piperidine rings is 1. The van der Waals surface area contributed by atoms with E-state index in [9.17, 15) is 0 Å². The molecule has 0 atom stereocenters. The summed E-state index contributed by atoms with van der Waals surface area (Å²) in [6.45, 7) is 3.75. The Morgan fingerprint density at radius 1 is 1.04 bits per heavy atom. The summed E-state index contributed by atoms with van der Waals surface area (Å²) in [6, 6.07) is 10.1. The van der Waals surface area contributed by atoms with Crippen LogP contribution >= 0.6 is 0 Å². The van der Waals surface area contributed by atoms with Gasteiger partial charge in [-0.1, -0.05) is 12.1 Å². The Morgan fingerprint density at radius 3 is 2.54 bits per heavy atom. The van der Waals surface area contributed by atoms with Crippen molar-refractivity contribution in [3.63, 3.8) is 0 Å². The minimum atomic E-state index is 0.273. The zero-order chi connectivity index (χ0) is 19.5. The average Bonchev–Trinajstić information content (AvgIpc) is 2.71. The molecule has 0 amide bonds. The summed E-state index contributed by atoms with van der Waals surface area (Å²) in [5.74, 6) is 1.77. The Kier molecular flexibility index (Phi) is 5.03. The monoisotopic (exact) mass is 376 g/mol. The van der Waals surface area contributed by atoms with Gasteiger partial charge in [-0.15, -0.1) is 0 Å². The molecule has 0 radical (unpaired) electrons. The summed E-state index contributed by atoms with van der Waals surface area (Å²) in [7, 11) is 0. The van der Waals surface area contributed by atoms with Gasteiger partial charge in [0.1, 0.15) is 5.82 Å². The van der Waals surface area contributed by atoms with Crippen molar-refractivity contribution in [1.82, 2.24) is 19.9 Å². The van der Waals surface area contributed by atoms with Crippen LogP contribution in [0.1, 0.15) is 18.4 Å². The standard InChI is InChI=1S/C20H24N8/c1-13-12-24-19(22)27-18(13)14-2-4-16(5-3-14)25-17-6-9-23-20(26-17)28-10-7-15(21)8-11-28/h2-6,9,12,15H,7-8,10-11,21H2,1H3,(H2,22,24,27)(H,23,25,26). The van der Waals surface area contributed by atoms with Gasteiger partial charge in [-0.25, -0.2) is 15.0 Å². The van der Waals surface area contributed by atoms with Crippen molar-refractivity contribution in [3.05, 3.63) is 48.3 Å². The van der Waals surface area contributed by atoms with Crippen LogP contribution in [0.15, 0.2) is 42.7 Å². The molecule has 28 heavy (non-hydrogen) atoms. The highest BCUT2D eigenvalue weighted by atomic mass is 15.3. The first kappa shape index (κ1) is 18.1. The highest BCUT2D eigenvalue weighted by Crippen LogP contribution is 2.25. The second-order valence-corrected chi connectivity index (χ2v) is 7.03. The average molecular weight is 376 g/mol. The van der Waals surface area contributed by atoms with Crippen LogP contribution in [0.3, 0.4) is 0 Å². The molecule has 2 aromatic heterocycles. The van der Waals surface area contributed by atoms with Crippen LogP contribution in [0, 0.1) is 6.92 Å². The maximum absolute atomic E-state index is 5.98. The van der Waals surface area contributed by atoms with E-state index in [4.69, 9.17) is 11.5 Å². The molecular weight excluding hydrogens is 352 g/mol. The fraction of sp³-hybridized carbons (Fsp3) is 0.300. The molecule has 8 nitrogen and oxygen atoms in total. The van der Waals surface area contributed by atoms with E-state index in [0.29, 0.717) is 0 Å². The summed E-state index contributed by atoms with van der Waals surface area (Å²) in [5, 5.41) is 3.34. The van der Waals surface area contributed by atoms with Crippen LogP contribution in [0.4, 0.5) is 23.4 Å². The van der Waals surface area contributed by atoms with E-state index in [0.717, 1.165) is 60.2 Å². The molecule has 1 fully saturated rings. The minimum absolute atomic E-state index is 0.273. The topological polar surface area (TPSA) is 119 Å². The van der Waals surface area contributed by atoms with E-state index in [-0.39, 0.29) is 12.0 Å². The molecule has 0 unspecified atom stereocenters. The van der Waals surface area contributed by atoms with Gasteiger partial charge in [0, 0.05) is 42.8 Å². The number of rotatable bonds is 4. The molecular formula is C20H24N8. The summed E-state index contributed by atoms with van der Waals surface area (Å²) < 4.78 is 0. The molecule has 0 bridgehead atoms. The van der Waals surface area contributed by atoms with Crippen molar-refractivity contribution in [1.29, 1.82) is 0 Å². The molecule has 1 aromatic carbocycles. The van der Waals surface area contributed by atoms with Gasteiger partial charge in [0.15, 0.2) is 0 Å². The maximum atomic E-state index is 5.98. The van der Waals surface area contributed by atoms with Gasteiger partial charge in [0.2, 0.25) is 11.9 Å². The van der Waals surface area contributed by atoms with Gasteiger partial charge in [-0.05, 0) is 43.5 Å². The van der Waals surface area contributed by atoms with E-state index in [1.54, 1.807) is 12.4 Å². The Bertz CT molecular complexity index is 949. The predicted molar refractivity (Wildman–Crippen MR) is 111 cm³/mol. The number of hydrogen-bond acceptors (Lipinski definition) is 8. The second kappa shape index (κ2) is 7.77. The molecule has 4 rings (SSSR count). The number of nitrogen functional groups attached to an aromatic ring is 1. The van der Waals surface area contributed by atoms with Crippen LogP contribution in [0.25, 0.3) is 11.3 Å². The second-order valence-electron chi connectivity index (χ2n) is 7.03. The molecule has 3 heterocycles. The Labute approximate surface area is 164 Å². The van der Waals surface area contributed by atoms with Gasteiger partial charge >= 0.3 is 0 Å². The third kappa shape index (κ3) is 4.01. The highest BCUT2D eigenvalue weighted by molar-refractivity contribution is 5.67. The van der Waals surface area contributed by atoms with E-state index in [2.05, 4.69) is 30.2 Å². The summed E-state index contributed by atoms with van der Waals surface area (Å²) in [5.41, 5.74) is 15.5. The van der Waals surface area contributed by atoms with Crippen molar-refractivity contribution in [2.75, 3.05) is 29.0 Å². The first-order chi connectivity index (χ1) is 13.6. The van der Waals surface area contributed by atoms with E-state index in [1.807, 2.05) is 37.3 Å². The quantitative estimate of drug-likeness (QED) is 0.635. The third-order valence-electron chi connectivity index (χ3n) is 4.89. The molecule has 1 aliphatic heterocycles. The summed E-state index contributed by atoms with van der Waals surface area (Å²) >= 11 is 0. The van der Waals surface area contributed by atoms with Gasteiger partial charge in [0.25, 0.3) is 0 Å². The molecule has 0 aliphatic carbocycles. The van der Waals surface area contributed by atoms with Gasteiger partial charge in [-0.3, -0.25) is 0 Å². The zero-order valence-electron chi connectivity index (χ0n) is 15.8. The van der Waals surface area contributed by atoms with Gasteiger partial charge in [0.05, 0.1) is 5.69 Å². The van der Waals surface area contributed by atoms with Gasteiger partial charge in [-0.2, -0.15) is 4.98 Å². The number of hydrogen-bond donors (Lipinski definition) is 3. The Balaban J connectivity index is 1.49. The van der Waals surface area contributed by atoms with E-state index < -0.39 is 0 Å². The van der Waals surface area contributed by atoms with Crippen molar-refractivity contribution >= 4 is 23.4 Å². The molecule has 0 spiro atoms. The lowest BCUT2D eigenvalue weighted by Crippen LogP contribution is -2.40. The van der Waals surface area contributed by atoms with Crippen LogP contribution < -0.4 is 21.7 Å². The van der Waals surface area contributed by atoms with Crippen molar-refractivity contribution in [2.24, 2.45) is 5.73 Å². The number of nitrogens with one attached hydrogen (secondary N) is 1. The number of aromatic nitrogens is 4. The van der Waals surface area contributed by atoms with E-state index >= 15 is 0 Å². The molecule has 0 saturated carbocycles. The van der Waals surface area contributed by atoms with E-state index in [1.165, 1.54) is 0 Å². The molecule has 8 heteroatoms. The van der Waals surface area contributed by atoms with Crippen LogP contribution in [-0.4, -0.2) is 39.1 Å². The largest absolute Gasteiger partial charge is 0.368 e. The molecule has 1 aliphatic rings. The first-order valence-electron chi connectivity index (χ1n) is 9.38. The van der Waals surface area contributed by atoms with Crippen LogP contribution in [0.5, 0.6) is 0 Å². The third-order valence-corrected chi connectivity index (χ3v) is 4.89. The highest BCUT2D eigenvalue weighted by Gasteiger charge is 2.18. The van der Waals surface area contributed by atoms with Gasteiger partial charge < -0.3 is 21.7 Å². The smallest absolute Gasteiger partial charge is 0.227 e. The minimum Gasteiger partial charge on any atom is -0.368 e. The number of nitrogens with two attached hydrogens (primary N) is 2. The Hall–Kier alpha value is -3.26. The lowest BCUT2D eigenvalue weighted by atomic mass is 10.1. The fourth-order valence-corrected chi connectivity index (χ4v) is 3.28. The molecule has 5 N–H and O–H groups in total. The molecule has 1 saturated heterocycles. The zero-order valence-corrected chi connectivity index (χ0v) is 15.8. The lowest BCUT2D eigenvalue weighted by Gasteiger charge is -2.30. The lowest BCUT2D eigenvalue weighted by molar-refractivity contribution is 0.495. The van der Waals surface area contributed by atoms with Crippen LogP contribution in [-0.2, 0) is 0 Å². The normalized spacial score (nSPS) is 14.9. The van der Waals surface area contributed by atoms with Crippen LogP contribution in [0.2, 0.25) is 0 Å². The number of anilines is 4. The fourth-order valence-electron chi connectivity index (χ4n) is 3.28. The number of benzene rings is 1. The summed E-state index contributed by atoms with van der Waals surface area (Å²) in [4.78, 5) is 19.6. The summed E-state index contributed by atoms with van der Waals surface area (Å²) in [6.07, 6.45) is 5.45. The van der Waals surface area contributed by atoms with Crippen molar-refractivity contribution in [3.8, 4) is 11.3 Å². The maximum Gasteiger partial charge on any atom is 0.227 e. The Morgan fingerprint density at radius 2 is 1.79 bits per heavy atom. The number of nitrogens with zero attached hydrogens (tertiary/aromatic N) is 5. The molecule has 144 valence electrons. The SMILES string of the molecule is Cc1cnc(N)nc1-c1ccc(Nc2ccnc(N3CCC(N)CC3)n2)cc1. The first-order valence-corrected chi connectivity index (χ1v) is 9.38.